The van der Waals surface area contributed by atoms with Crippen LogP contribution in [0.25, 0.3) is 0 Å². The van der Waals surface area contributed by atoms with Crippen LogP contribution >= 0.6 is 0 Å². The van der Waals surface area contributed by atoms with E-state index in [0.29, 0.717) is 6.42 Å². The summed E-state index contributed by atoms with van der Waals surface area (Å²) < 4.78 is 0. The predicted molar refractivity (Wildman–Crippen MR) is 78.8 cm³/mol. The fraction of sp³-hybridized carbons (Fsp3) is 0.562. The summed E-state index contributed by atoms with van der Waals surface area (Å²) in [7, 11) is 0. The van der Waals surface area contributed by atoms with Crippen molar-refractivity contribution in [3.8, 4) is 0 Å². The van der Waals surface area contributed by atoms with Crippen LogP contribution in [0.15, 0.2) is 36.0 Å². The molecule has 0 aromatic carbocycles. The van der Waals surface area contributed by atoms with Crippen molar-refractivity contribution in [2.75, 3.05) is 0 Å². The standard InChI is InChI=1S/C16H25NO2/c1-6-8-13-12(7-2)10-16(17,14(18)19)11(3)9-15(13,4)5/h6-8,11H,1,9-10,17H2,2-5H3,(H,18,19)/b12-7+,13-8?. The van der Waals surface area contributed by atoms with Gasteiger partial charge in [-0.25, -0.2) is 0 Å². The van der Waals surface area contributed by atoms with Crippen molar-refractivity contribution in [3.63, 3.8) is 0 Å². The minimum Gasteiger partial charge on any atom is -0.480 e. The molecule has 106 valence electrons. The summed E-state index contributed by atoms with van der Waals surface area (Å²) in [6.45, 7) is 11.9. The second kappa shape index (κ2) is 5.33. The Morgan fingerprint density at radius 3 is 2.53 bits per heavy atom. The first kappa shape index (κ1) is 15.7. The van der Waals surface area contributed by atoms with E-state index < -0.39 is 11.5 Å². The number of allylic oxidation sites excluding steroid dienone is 4. The second-order valence-corrected chi connectivity index (χ2v) is 6.14. The maximum atomic E-state index is 11.6. The summed E-state index contributed by atoms with van der Waals surface area (Å²) in [4.78, 5) is 11.6. The maximum absolute atomic E-state index is 11.6. The summed E-state index contributed by atoms with van der Waals surface area (Å²) in [5, 5.41) is 9.50. The lowest BCUT2D eigenvalue weighted by Gasteiger charge is -2.32. The third kappa shape index (κ3) is 2.81. The lowest BCUT2D eigenvalue weighted by molar-refractivity contribution is -0.145. The molecule has 0 saturated heterocycles. The molecule has 0 aromatic rings. The van der Waals surface area contributed by atoms with Crippen molar-refractivity contribution in [2.45, 2.75) is 46.1 Å². The number of carboxylic acids is 1. The van der Waals surface area contributed by atoms with Crippen LogP contribution in [0.3, 0.4) is 0 Å². The van der Waals surface area contributed by atoms with Gasteiger partial charge in [0.05, 0.1) is 0 Å². The Kier molecular flexibility index (Phi) is 4.41. The van der Waals surface area contributed by atoms with Gasteiger partial charge in [-0.15, -0.1) is 0 Å². The lowest BCUT2D eigenvalue weighted by atomic mass is 9.74. The van der Waals surface area contributed by atoms with E-state index in [1.54, 1.807) is 6.08 Å². The Balaban J connectivity index is 3.41. The zero-order valence-electron chi connectivity index (χ0n) is 12.4. The molecule has 1 aliphatic carbocycles. The van der Waals surface area contributed by atoms with E-state index in [9.17, 15) is 9.90 Å². The van der Waals surface area contributed by atoms with Gasteiger partial charge in [0, 0.05) is 6.42 Å². The molecule has 2 atom stereocenters. The zero-order valence-corrected chi connectivity index (χ0v) is 12.4. The molecule has 0 radical (unpaired) electrons. The normalized spacial score (nSPS) is 35.1. The number of hydrogen-bond acceptors (Lipinski definition) is 2. The van der Waals surface area contributed by atoms with Gasteiger partial charge in [-0.2, -0.15) is 0 Å². The molecule has 0 spiro atoms. The van der Waals surface area contributed by atoms with Crippen LogP contribution < -0.4 is 5.73 Å². The van der Waals surface area contributed by atoms with E-state index >= 15 is 0 Å². The Hall–Kier alpha value is -1.35. The highest BCUT2D eigenvalue weighted by Crippen LogP contribution is 2.46. The van der Waals surface area contributed by atoms with Gasteiger partial charge in [-0.3, -0.25) is 4.79 Å². The van der Waals surface area contributed by atoms with E-state index in [1.807, 2.05) is 26.0 Å². The molecule has 3 nitrogen and oxygen atoms in total. The molecule has 0 aliphatic heterocycles. The summed E-state index contributed by atoms with van der Waals surface area (Å²) in [6.07, 6.45) is 6.82. The first-order valence-electron chi connectivity index (χ1n) is 6.70. The molecule has 0 bridgehead atoms. The first-order chi connectivity index (χ1) is 8.69. The lowest BCUT2D eigenvalue weighted by Crippen LogP contribution is -2.53. The van der Waals surface area contributed by atoms with Crippen LogP contribution in [-0.2, 0) is 4.79 Å². The Morgan fingerprint density at radius 2 is 2.11 bits per heavy atom. The van der Waals surface area contributed by atoms with E-state index in [2.05, 4.69) is 20.4 Å². The van der Waals surface area contributed by atoms with Crippen LogP contribution in [0.1, 0.15) is 40.5 Å². The van der Waals surface area contributed by atoms with Crippen molar-refractivity contribution in [2.24, 2.45) is 17.1 Å². The van der Waals surface area contributed by atoms with Gasteiger partial charge >= 0.3 is 5.97 Å². The molecule has 1 fully saturated rings. The molecule has 19 heavy (non-hydrogen) atoms. The van der Waals surface area contributed by atoms with E-state index in [4.69, 9.17) is 5.73 Å². The molecule has 0 aromatic heterocycles. The van der Waals surface area contributed by atoms with Gasteiger partial charge in [0.15, 0.2) is 0 Å². The zero-order chi connectivity index (χ0) is 14.8. The van der Waals surface area contributed by atoms with Crippen LogP contribution in [0.2, 0.25) is 0 Å². The topological polar surface area (TPSA) is 63.3 Å². The predicted octanol–water partition coefficient (Wildman–Crippen LogP) is 3.28. The minimum absolute atomic E-state index is 0.0920. The van der Waals surface area contributed by atoms with Gasteiger partial charge in [-0.05, 0) is 35.8 Å². The van der Waals surface area contributed by atoms with Crippen molar-refractivity contribution in [3.05, 3.63) is 36.0 Å². The summed E-state index contributed by atoms with van der Waals surface area (Å²) in [6, 6.07) is 0. The van der Waals surface area contributed by atoms with Gasteiger partial charge in [0.2, 0.25) is 0 Å². The SMILES string of the molecule is C=CC=C1/C(=C/C)CC(N)(C(=O)O)C(C)CC1(C)C. The Bertz CT molecular complexity index is 446. The minimum atomic E-state index is -1.20. The molecule has 3 heteroatoms. The number of rotatable bonds is 2. The molecule has 3 N–H and O–H groups in total. The largest absolute Gasteiger partial charge is 0.480 e. The fourth-order valence-electron chi connectivity index (χ4n) is 3.07. The van der Waals surface area contributed by atoms with Crippen LogP contribution in [0.5, 0.6) is 0 Å². The van der Waals surface area contributed by atoms with Crippen LogP contribution in [-0.4, -0.2) is 16.6 Å². The van der Waals surface area contributed by atoms with Gasteiger partial charge < -0.3 is 10.8 Å². The first-order valence-corrected chi connectivity index (χ1v) is 6.70. The van der Waals surface area contributed by atoms with Crippen molar-refractivity contribution in [1.29, 1.82) is 0 Å². The van der Waals surface area contributed by atoms with Crippen LogP contribution in [0.4, 0.5) is 0 Å². The van der Waals surface area contributed by atoms with Gasteiger partial charge in [0.1, 0.15) is 5.54 Å². The highest BCUT2D eigenvalue weighted by molar-refractivity contribution is 5.80. The third-order valence-corrected chi connectivity index (χ3v) is 4.29. The monoisotopic (exact) mass is 263 g/mol. The molecule has 0 amide bonds. The molecule has 1 rings (SSSR count). The smallest absolute Gasteiger partial charge is 0.324 e. The highest BCUT2D eigenvalue weighted by atomic mass is 16.4. The molecular weight excluding hydrogens is 238 g/mol. The number of hydrogen-bond donors (Lipinski definition) is 2. The summed E-state index contributed by atoms with van der Waals surface area (Å²) in [5.41, 5.74) is 7.05. The maximum Gasteiger partial charge on any atom is 0.324 e. The highest BCUT2D eigenvalue weighted by Gasteiger charge is 2.47. The molecule has 1 saturated carbocycles. The quantitative estimate of drug-likeness (QED) is 0.751. The van der Waals surface area contributed by atoms with Crippen LogP contribution in [0, 0.1) is 11.3 Å². The van der Waals surface area contributed by atoms with E-state index in [1.165, 1.54) is 0 Å². The molecule has 1 aliphatic rings. The van der Waals surface area contributed by atoms with Crippen molar-refractivity contribution >= 4 is 5.97 Å². The van der Waals surface area contributed by atoms with Gasteiger partial charge in [-0.1, -0.05) is 45.6 Å². The van der Waals surface area contributed by atoms with Crippen molar-refractivity contribution in [1.82, 2.24) is 0 Å². The average Bonchev–Trinajstić information content (AvgIpc) is 2.38. The van der Waals surface area contributed by atoms with Crippen molar-refractivity contribution < 1.29 is 9.90 Å². The number of nitrogens with two attached hydrogens (primary N) is 1. The van der Waals surface area contributed by atoms with Gasteiger partial charge in [0.25, 0.3) is 0 Å². The number of aliphatic carboxylic acids is 1. The molecular formula is C16H25NO2. The third-order valence-electron chi connectivity index (χ3n) is 4.29. The second-order valence-electron chi connectivity index (χ2n) is 6.14. The summed E-state index contributed by atoms with van der Waals surface area (Å²) in [5.74, 6) is -1.01. The number of carbonyl (C=O) groups is 1. The Morgan fingerprint density at radius 1 is 1.53 bits per heavy atom. The number of carboxylic acid groups (broad SMARTS) is 1. The summed E-state index contributed by atoms with van der Waals surface area (Å²) >= 11 is 0. The fourth-order valence-corrected chi connectivity index (χ4v) is 3.07. The average molecular weight is 263 g/mol. The van der Waals surface area contributed by atoms with E-state index in [0.717, 1.165) is 17.6 Å². The Labute approximate surface area is 115 Å². The molecule has 2 unspecified atom stereocenters. The molecule has 0 heterocycles. The van der Waals surface area contributed by atoms with E-state index in [-0.39, 0.29) is 11.3 Å².